The van der Waals surface area contributed by atoms with E-state index in [0.717, 1.165) is 31.4 Å². The van der Waals surface area contributed by atoms with Gasteiger partial charge in [-0.25, -0.2) is 0 Å². The highest BCUT2D eigenvalue weighted by molar-refractivity contribution is 6.46. The quantitative estimate of drug-likeness (QED) is 0.665. The molecule has 0 heterocycles. The number of para-hydroxylation sites is 1. The molecule has 0 amide bonds. The number of hydrazone groups is 1. The minimum atomic E-state index is -0.104. The van der Waals surface area contributed by atoms with Crippen molar-refractivity contribution < 1.29 is 4.79 Å². The van der Waals surface area contributed by atoms with E-state index >= 15 is 0 Å². The fourth-order valence-electron chi connectivity index (χ4n) is 2.86. The van der Waals surface area contributed by atoms with Crippen LogP contribution in [0.5, 0.6) is 0 Å². The predicted octanol–water partition coefficient (Wildman–Crippen LogP) is 4.30. The van der Waals surface area contributed by atoms with Gasteiger partial charge >= 0.3 is 0 Å². The minimum absolute atomic E-state index is 0.00639. The molecule has 0 aliphatic heterocycles. The minimum Gasteiger partial charge on any atom is -0.291 e. The summed E-state index contributed by atoms with van der Waals surface area (Å²) in [4.78, 5) is 12.5. The second-order valence-electron chi connectivity index (χ2n) is 5.81. The van der Waals surface area contributed by atoms with Crippen molar-refractivity contribution in [1.82, 2.24) is 0 Å². The third-order valence-corrected chi connectivity index (χ3v) is 4.14. The van der Waals surface area contributed by atoms with Gasteiger partial charge in [-0.05, 0) is 25.0 Å². The summed E-state index contributed by atoms with van der Waals surface area (Å²) in [6.45, 7) is 0. The molecule has 22 heavy (non-hydrogen) atoms. The smallest absolute Gasteiger partial charge is 0.203 e. The third kappa shape index (κ3) is 5.00. The molecule has 0 radical (unpaired) electrons. The lowest BCUT2D eigenvalue weighted by Crippen LogP contribution is -2.24. The zero-order chi connectivity index (χ0) is 15.6. The standard InChI is InChI=1S/C18H23N3O/c19-14-17(21-20-16-12-8-5-9-13-16)18(22)15-10-6-3-1-2-4-7-11-15/h5,8-9,12-13,15,20H,1-4,6-7,10-11H2/b21-17+. The highest BCUT2D eigenvalue weighted by Crippen LogP contribution is 2.23. The largest absolute Gasteiger partial charge is 0.291 e. The van der Waals surface area contributed by atoms with E-state index in [4.69, 9.17) is 0 Å². The normalized spacial score (nSPS) is 17.7. The molecule has 1 aromatic rings. The van der Waals surface area contributed by atoms with Crippen LogP contribution in [0.3, 0.4) is 0 Å². The van der Waals surface area contributed by atoms with Gasteiger partial charge < -0.3 is 0 Å². The average Bonchev–Trinajstić information content (AvgIpc) is 2.70. The number of hydrogen-bond acceptors (Lipinski definition) is 4. The van der Waals surface area contributed by atoms with Crippen molar-refractivity contribution in [2.24, 2.45) is 11.0 Å². The molecular formula is C18H23N3O. The molecule has 1 N–H and O–H groups in total. The Morgan fingerprint density at radius 1 is 1.05 bits per heavy atom. The van der Waals surface area contributed by atoms with Gasteiger partial charge in [0.25, 0.3) is 0 Å². The zero-order valence-corrected chi connectivity index (χ0v) is 12.9. The molecule has 0 aromatic heterocycles. The highest BCUT2D eigenvalue weighted by Gasteiger charge is 2.23. The average molecular weight is 297 g/mol. The Kier molecular flexibility index (Phi) is 6.63. The summed E-state index contributed by atoms with van der Waals surface area (Å²) in [5, 5.41) is 13.3. The Balaban J connectivity index is 2.01. The third-order valence-electron chi connectivity index (χ3n) is 4.14. The Bertz CT molecular complexity index is 535. The summed E-state index contributed by atoms with van der Waals surface area (Å²) in [7, 11) is 0. The lowest BCUT2D eigenvalue weighted by atomic mass is 9.90. The van der Waals surface area contributed by atoms with Crippen LogP contribution in [-0.4, -0.2) is 11.5 Å². The second kappa shape index (κ2) is 8.99. The van der Waals surface area contributed by atoms with Crippen LogP contribution in [-0.2, 0) is 4.79 Å². The van der Waals surface area contributed by atoms with E-state index in [9.17, 15) is 10.1 Å². The molecule has 2 rings (SSSR count). The van der Waals surface area contributed by atoms with Crippen LogP contribution < -0.4 is 5.43 Å². The van der Waals surface area contributed by atoms with Crippen LogP contribution in [0.4, 0.5) is 5.69 Å². The topological polar surface area (TPSA) is 65.2 Å². The summed E-state index contributed by atoms with van der Waals surface area (Å²) >= 11 is 0. The lowest BCUT2D eigenvalue weighted by Gasteiger charge is -2.13. The Labute approximate surface area is 132 Å². The van der Waals surface area contributed by atoms with Gasteiger partial charge in [0.15, 0.2) is 5.78 Å². The SMILES string of the molecule is N#C/C(=N\Nc1ccccc1)C(=O)C1CCCCCCCC1. The summed E-state index contributed by atoms with van der Waals surface area (Å²) < 4.78 is 0. The molecule has 4 nitrogen and oxygen atoms in total. The first-order valence-electron chi connectivity index (χ1n) is 8.14. The van der Waals surface area contributed by atoms with Crippen molar-refractivity contribution in [3.05, 3.63) is 30.3 Å². The van der Waals surface area contributed by atoms with E-state index in [0.29, 0.717) is 0 Å². The van der Waals surface area contributed by atoms with E-state index in [1.165, 1.54) is 25.7 Å². The monoisotopic (exact) mass is 297 g/mol. The number of nitrogens with one attached hydrogen (secondary N) is 1. The van der Waals surface area contributed by atoms with Crippen LogP contribution in [0.1, 0.15) is 51.4 Å². The summed E-state index contributed by atoms with van der Waals surface area (Å²) in [5.74, 6) is -0.151. The number of nitriles is 1. The summed E-state index contributed by atoms with van der Waals surface area (Å²) in [5.41, 5.74) is 3.57. The van der Waals surface area contributed by atoms with E-state index in [1.54, 1.807) is 0 Å². The molecule has 1 aliphatic rings. The fourth-order valence-corrected chi connectivity index (χ4v) is 2.86. The first kappa shape index (κ1) is 16.2. The van der Waals surface area contributed by atoms with Gasteiger partial charge in [0, 0.05) is 5.92 Å². The van der Waals surface area contributed by atoms with Gasteiger partial charge in [0.2, 0.25) is 5.71 Å². The van der Waals surface area contributed by atoms with Crippen molar-refractivity contribution in [2.45, 2.75) is 51.4 Å². The number of hydrogen-bond donors (Lipinski definition) is 1. The number of nitrogens with zero attached hydrogens (tertiary/aromatic N) is 2. The Hall–Kier alpha value is -2.15. The van der Waals surface area contributed by atoms with Gasteiger partial charge in [-0.15, -0.1) is 0 Å². The number of anilines is 1. The van der Waals surface area contributed by atoms with Crippen molar-refractivity contribution in [1.29, 1.82) is 5.26 Å². The van der Waals surface area contributed by atoms with Crippen molar-refractivity contribution in [3.63, 3.8) is 0 Å². The van der Waals surface area contributed by atoms with E-state index < -0.39 is 0 Å². The van der Waals surface area contributed by atoms with Crippen LogP contribution in [0.15, 0.2) is 35.4 Å². The maximum absolute atomic E-state index is 12.5. The first-order chi connectivity index (χ1) is 10.8. The molecule has 4 heteroatoms. The van der Waals surface area contributed by atoms with Crippen LogP contribution in [0.2, 0.25) is 0 Å². The molecule has 0 unspecified atom stereocenters. The number of carbonyl (C=O) groups excluding carboxylic acids is 1. The maximum atomic E-state index is 12.5. The zero-order valence-electron chi connectivity index (χ0n) is 12.9. The van der Waals surface area contributed by atoms with Crippen LogP contribution >= 0.6 is 0 Å². The molecule has 0 bridgehead atoms. The van der Waals surface area contributed by atoms with E-state index in [1.807, 2.05) is 36.4 Å². The highest BCUT2D eigenvalue weighted by atomic mass is 16.1. The molecular weight excluding hydrogens is 274 g/mol. The maximum Gasteiger partial charge on any atom is 0.203 e. The van der Waals surface area contributed by atoms with Gasteiger partial charge in [-0.1, -0.05) is 56.7 Å². The number of ketones is 1. The predicted molar refractivity (Wildman–Crippen MR) is 88.5 cm³/mol. The van der Waals surface area contributed by atoms with Crippen molar-refractivity contribution in [3.8, 4) is 6.07 Å². The first-order valence-corrected chi connectivity index (χ1v) is 8.14. The molecule has 0 atom stereocenters. The number of benzene rings is 1. The van der Waals surface area contributed by atoms with Crippen molar-refractivity contribution >= 4 is 17.2 Å². The Morgan fingerprint density at radius 3 is 2.23 bits per heavy atom. The van der Waals surface area contributed by atoms with Gasteiger partial charge in [0.1, 0.15) is 6.07 Å². The molecule has 1 saturated carbocycles. The molecule has 116 valence electrons. The molecule has 0 spiro atoms. The fraction of sp³-hybridized carbons (Fsp3) is 0.500. The molecule has 1 fully saturated rings. The van der Waals surface area contributed by atoms with Gasteiger partial charge in [-0.2, -0.15) is 10.4 Å². The van der Waals surface area contributed by atoms with Crippen LogP contribution in [0.25, 0.3) is 0 Å². The van der Waals surface area contributed by atoms with Crippen LogP contribution in [0, 0.1) is 17.2 Å². The van der Waals surface area contributed by atoms with Gasteiger partial charge in [-0.3, -0.25) is 10.2 Å². The van der Waals surface area contributed by atoms with E-state index in [-0.39, 0.29) is 17.4 Å². The molecule has 1 aromatic carbocycles. The summed E-state index contributed by atoms with van der Waals surface area (Å²) in [6, 6.07) is 11.3. The Morgan fingerprint density at radius 2 is 1.64 bits per heavy atom. The lowest BCUT2D eigenvalue weighted by molar-refractivity contribution is -0.116. The van der Waals surface area contributed by atoms with Gasteiger partial charge in [0.05, 0.1) is 5.69 Å². The molecule has 1 aliphatic carbocycles. The number of rotatable bonds is 4. The van der Waals surface area contributed by atoms with E-state index in [2.05, 4.69) is 10.5 Å². The van der Waals surface area contributed by atoms with Crippen molar-refractivity contribution in [2.75, 3.05) is 5.43 Å². The summed E-state index contributed by atoms with van der Waals surface area (Å²) in [6.07, 6.45) is 8.79. The molecule has 0 saturated heterocycles. The second-order valence-corrected chi connectivity index (χ2v) is 5.81. The number of Topliss-reactive ketones (excluding diaryl/α,β-unsaturated/α-hetero) is 1. The number of carbonyl (C=O) groups is 1.